The summed E-state index contributed by atoms with van der Waals surface area (Å²) in [7, 11) is 0. The van der Waals surface area contributed by atoms with Crippen LogP contribution in [0.15, 0.2) is 85.1 Å². The number of ether oxygens (including phenoxy) is 1. The van der Waals surface area contributed by atoms with Crippen LogP contribution in [0.25, 0.3) is 0 Å². The van der Waals surface area contributed by atoms with Gasteiger partial charge in [0.2, 0.25) is 5.91 Å². The highest BCUT2D eigenvalue weighted by Crippen LogP contribution is 2.17. The Labute approximate surface area is 389 Å². The molecule has 3 atom stereocenters. The molecular formula is C57H99NO5. The first-order valence-corrected chi connectivity index (χ1v) is 26.4. The quantitative estimate of drug-likeness (QED) is 0.0245. The minimum atomic E-state index is -0.806. The molecule has 0 aromatic heterocycles. The third kappa shape index (κ3) is 45.4. The van der Waals surface area contributed by atoms with Gasteiger partial charge in [0.15, 0.2) is 0 Å². The molecule has 1 amide bonds. The molecule has 63 heavy (non-hydrogen) atoms. The van der Waals surface area contributed by atoms with Crippen molar-refractivity contribution in [2.75, 3.05) is 6.61 Å². The fourth-order valence-corrected chi connectivity index (χ4v) is 7.51. The molecule has 0 saturated heterocycles. The summed E-state index contributed by atoms with van der Waals surface area (Å²) >= 11 is 0. The van der Waals surface area contributed by atoms with Gasteiger partial charge in [-0.25, -0.2) is 0 Å². The van der Waals surface area contributed by atoms with Crippen molar-refractivity contribution in [2.24, 2.45) is 0 Å². The lowest BCUT2D eigenvalue weighted by Gasteiger charge is -2.24. The number of aliphatic hydroxyl groups is 2. The lowest BCUT2D eigenvalue weighted by Crippen LogP contribution is -2.46. The number of rotatable bonds is 46. The van der Waals surface area contributed by atoms with Gasteiger partial charge in [-0.2, -0.15) is 0 Å². The number of hydrogen-bond donors (Lipinski definition) is 3. The summed E-state index contributed by atoms with van der Waals surface area (Å²) in [6.45, 7) is 6.39. The average molecular weight is 878 g/mol. The summed E-state index contributed by atoms with van der Waals surface area (Å²) in [6, 6.07) is -0.723. The van der Waals surface area contributed by atoms with Crippen molar-refractivity contribution in [1.82, 2.24) is 5.32 Å². The van der Waals surface area contributed by atoms with Gasteiger partial charge < -0.3 is 20.3 Å². The molecule has 6 heteroatoms. The van der Waals surface area contributed by atoms with Gasteiger partial charge in [-0.3, -0.25) is 9.59 Å². The van der Waals surface area contributed by atoms with Gasteiger partial charge in [0.25, 0.3) is 0 Å². The molecule has 0 saturated carbocycles. The van der Waals surface area contributed by atoms with Crippen LogP contribution in [0.5, 0.6) is 0 Å². The van der Waals surface area contributed by atoms with Crippen LogP contribution in [0.1, 0.15) is 239 Å². The summed E-state index contributed by atoms with van der Waals surface area (Å²) in [5.41, 5.74) is 0. The minimum Gasteiger partial charge on any atom is -0.462 e. The largest absolute Gasteiger partial charge is 0.462 e. The SMILES string of the molecule is CCCCC/C=C\C/C=C\C/C=C\CCCCCCC(=O)OC(CCCCC/C=C/C=C/C=C/C=C/CCCCC)CC(=O)NC(CO)C(O)CCCCCCCCCCCCC. The maximum atomic E-state index is 13.2. The van der Waals surface area contributed by atoms with Gasteiger partial charge in [0, 0.05) is 6.42 Å². The van der Waals surface area contributed by atoms with Crippen molar-refractivity contribution in [2.45, 2.75) is 257 Å². The van der Waals surface area contributed by atoms with Crippen LogP contribution in [0, 0.1) is 0 Å². The highest BCUT2D eigenvalue weighted by Gasteiger charge is 2.24. The Hall–Kier alpha value is -2.96. The lowest BCUT2D eigenvalue weighted by molar-refractivity contribution is -0.151. The van der Waals surface area contributed by atoms with E-state index in [1.54, 1.807) is 0 Å². The molecule has 0 aliphatic heterocycles. The first-order chi connectivity index (χ1) is 31.0. The first kappa shape index (κ1) is 60.0. The zero-order valence-electron chi connectivity index (χ0n) is 41.2. The Morgan fingerprint density at radius 1 is 0.476 bits per heavy atom. The van der Waals surface area contributed by atoms with Crippen LogP contribution in [-0.2, 0) is 14.3 Å². The number of allylic oxidation sites excluding steroid dienone is 14. The third-order valence-corrected chi connectivity index (χ3v) is 11.5. The first-order valence-electron chi connectivity index (χ1n) is 26.4. The summed E-state index contributed by atoms with van der Waals surface area (Å²) in [4.78, 5) is 26.2. The standard InChI is InChI=1S/C57H99NO5/c1-4-7-10-13-16-19-22-24-26-28-30-32-35-38-41-44-47-50-57(62)63-53(48-45-42-39-36-34-31-29-27-25-23-20-17-14-11-8-5-2)51-56(61)58-54(52-59)55(60)49-46-43-40-37-33-21-18-15-12-9-6-3/h16-17,19-20,23-27,29-32,34,53-55,59-60H,4-15,18,21-22,28,33,35-52H2,1-3H3,(H,58,61)/b19-16-,20-17+,25-23+,26-24-,29-27+,32-30-,34-31+. The van der Waals surface area contributed by atoms with Crippen LogP contribution in [0.2, 0.25) is 0 Å². The number of nitrogens with one attached hydrogen (secondary N) is 1. The zero-order valence-corrected chi connectivity index (χ0v) is 41.2. The molecule has 0 aliphatic carbocycles. The molecule has 0 spiro atoms. The fourth-order valence-electron chi connectivity index (χ4n) is 7.51. The number of carbonyl (C=O) groups excluding carboxylic acids is 2. The topological polar surface area (TPSA) is 95.9 Å². The molecular weight excluding hydrogens is 779 g/mol. The predicted molar refractivity (Wildman–Crippen MR) is 273 cm³/mol. The maximum absolute atomic E-state index is 13.2. The Balaban J connectivity index is 4.73. The molecule has 0 radical (unpaired) electrons. The molecule has 0 aromatic carbocycles. The molecule has 0 aromatic rings. The third-order valence-electron chi connectivity index (χ3n) is 11.5. The number of unbranched alkanes of at least 4 members (excludes halogenated alkanes) is 23. The van der Waals surface area contributed by atoms with Crippen LogP contribution in [-0.4, -0.2) is 46.9 Å². The van der Waals surface area contributed by atoms with E-state index in [-0.39, 0.29) is 24.9 Å². The second-order valence-electron chi connectivity index (χ2n) is 17.7. The predicted octanol–water partition coefficient (Wildman–Crippen LogP) is 16.0. The summed E-state index contributed by atoms with van der Waals surface area (Å²) in [5, 5.41) is 23.7. The van der Waals surface area contributed by atoms with E-state index in [1.165, 1.54) is 96.3 Å². The molecule has 0 bridgehead atoms. The number of hydrogen-bond acceptors (Lipinski definition) is 5. The number of aliphatic hydroxyl groups excluding tert-OH is 2. The molecule has 6 nitrogen and oxygen atoms in total. The van der Waals surface area contributed by atoms with Crippen molar-refractivity contribution >= 4 is 11.9 Å². The van der Waals surface area contributed by atoms with E-state index in [0.29, 0.717) is 19.3 Å². The molecule has 0 rings (SSSR count). The average Bonchev–Trinajstić information content (AvgIpc) is 3.28. The van der Waals surface area contributed by atoms with Crippen LogP contribution < -0.4 is 5.32 Å². The highest BCUT2D eigenvalue weighted by atomic mass is 16.5. The van der Waals surface area contributed by atoms with Crippen LogP contribution in [0.3, 0.4) is 0 Å². The van der Waals surface area contributed by atoms with E-state index in [9.17, 15) is 19.8 Å². The van der Waals surface area contributed by atoms with Gasteiger partial charge >= 0.3 is 5.97 Å². The van der Waals surface area contributed by atoms with Crippen LogP contribution in [0.4, 0.5) is 0 Å². The van der Waals surface area contributed by atoms with Gasteiger partial charge in [0.1, 0.15) is 6.10 Å². The van der Waals surface area contributed by atoms with Gasteiger partial charge in [-0.15, -0.1) is 0 Å². The smallest absolute Gasteiger partial charge is 0.306 e. The number of esters is 1. The van der Waals surface area contributed by atoms with Crippen LogP contribution >= 0.6 is 0 Å². The molecule has 3 N–H and O–H groups in total. The summed E-state index contributed by atoms with van der Waals surface area (Å²) in [6.07, 6.45) is 64.9. The van der Waals surface area contributed by atoms with Crippen molar-refractivity contribution in [3.8, 4) is 0 Å². The number of amides is 1. The number of carbonyl (C=O) groups is 2. The molecule has 0 fully saturated rings. The molecule has 0 aliphatic rings. The van der Waals surface area contributed by atoms with Gasteiger partial charge in [-0.05, 0) is 89.9 Å². The van der Waals surface area contributed by atoms with E-state index in [2.05, 4.69) is 105 Å². The van der Waals surface area contributed by atoms with Crippen molar-refractivity contribution < 1.29 is 24.5 Å². The molecule has 3 unspecified atom stereocenters. The maximum Gasteiger partial charge on any atom is 0.306 e. The monoisotopic (exact) mass is 878 g/mol. The zero-order chi connectivity index (χ0) is 45.9. The van der Waals surface area contributed by atoms with Gasteiger partial charge in [-0.1, -0.05) is 221 Å². The van der Waals surface area contributed by atoms with E-state index in [0.717, 1.165) is 96.3 Å². The Morgan fingerprint density at radius 2 is 0.873 bits per heavy atom. The van der Waals surface area contributed by atoms with E-state index in [4.69, 9.17) is 4.74 Å². The highest BCUT2D eigenvalue weighted by molar-refractivity contribution is 5.77. The Bertz CT molecular complexity index is 1210. The van der Waals surface area contributed by atoms with E-state index < -0.39 is 18.2 Å². The lowest BCUT2D eigenvalue weighted by atomic mass is 10.0. The van der Waals surface area contributed by atoms with Crippen molar-refractivity contribution in [1.29, 1.82) is 0 Å². The van der Waals surface area contributed by atoms with Crippen molar-refractivity contribution in [3.05, 3.63) is 85.1 Å². The van der Waals surface area contributed by atoms with Crippen molar-refractivity contribution in [3.63, 3.8) is 0 Å². The second-order valence-corrected chi connectivity index (χ2v) is 17.7. The minimum absolute atomic E-state index is 0.0385. The fraction of sp³-hybridized carbons (Fsp3) is 0.719. The van der Waals surface area contributed by atoms with Gasteiger partial charge in [0.05, 0.1) is 25.2 Å². The van der Waals surface area contributed by atoms with E-state index in [1.807, 2.05) is 6.08 Å². The Morgan fingerprint density at radius 3 is 1.41 bits per heavy atom. The normalized spacial score (nSPS) is 13.9. The molecule has 362 valence electrons. The summed E-state index contributed by atoms with van der Waals surface area (Å²) < 4.78 is 5.91. The summed E-state index contributed by atoms with van der Waals surface area (Å²) in [5.74, 6) is -0.542. The second kappa shape index (κ2) is 50.0. The van der Waals surface area contributed by atoms with E-state index >= 15 is 0 Å². The Kier molecular flexibility index (Phi) is 47.7. The molecule has 0 heterocycles.